The van der Waals surface area contributed by atoms with Gasteiger partial charge in [-0.2, -0.15) is 5.26 Å². The summed E-state index contributed by atoms with van der Waals surface area (Å²) in [6, 6.07) is 5.63. The smallest absolute Gasteiger partial charge is 0.242 e. The van der Waals surface area contributed by atoms with Crippen LogP contribution in [0.25, 0.3) is 0 Å². The van der Waals surface area contributed by atoms with Crippen molar-refractivity contribution < 1.29 is 12.8 Å². The maximum absolute atomic E-state index is 13.4. The largest absolute Gasteiger partial charge is 0.313 e. The Kier molecular flexibility index (Phi) is 4.14. The van der Waals surface area contributed by atoms with Crippen molar-refractivity contribution in [1.82, 2.24) is 10.0 Å². The third-order valence-electron chi connectivity index (χ3n) is 2.80. The summed E-state index contributed by atoms with van der Waals surface area (Å²) in [5, 5.41) is 12.0. The summed E-state index contributed by atoms with van der Waals surface area (Å²) in [7, 11) is -3.86. The molecule has 5 nitrogen and oxygen atoms in total. The summed E-state index contributed by atoms with van der Waals surface area (Å²) in [4.78, 5) is -0.318. The first-order valence-corrected chi connectivity index (χ1v) is 7.44. The zero-order valence-corrected chi connectivity index (χ0v) is 11.0. The number of halogens is 1. The number of benzene rings is 1. The molecule has 2 N–H and O–H groups in total. The monoisotopic (exact) mass is 283 g/mol. The molecule has 7 heteroatoms. The second-order valence-electron chi connectivity index (χ2n) is 4.35. The third kappa shape index (κ3) is 3.50. The van der Waals surface area contributed by atoms with Crippen LogP contribution >= 0.6 is 0 Å². The molecule has 0 aliphatic heterocycles. The standard InChI is InChI=1S/C12H14FN3O2S/c13-11-2-1-3-12(10(11)8-14)19(17,18)16-7-6-15-9-4-5-9/h1-3,9,15-16H,4-7H2. The maximum atomic E-state index is 13.4. The number of hydrogen-bond acceptors (Lipinski definition) is 4. The van der Waals surface area contributed by atoms with Gasteiger partial charge in [-0.25, -0.2) is 17.5 Å². The molecule has 0 bridgehead atoms. The molecule has 1 aromatic carbocycles. The lowest BCUT2D eigenvalue weighted by atomic mass is 10.2. The highest BCUT2D eigenvalue weighted by Gasteiger charge is 2.22. The van der Waals surface area contributed by atoms with Crippen LogP contribution in [0.4, 0.5) is 4.39 Å². The van der Waals surface area contributed by atoms with Gasteiger partial charge in [0.25, 0.3) is 0 Å². The predicted octanol–water partition coefficient (Wildman–Crippen LogP) is 0.728. The molecular weight excluding hydrogens is 269 g/mol. The van der Waals surface area contributed by atoms with Crippen LogP contribution in [0.15, 0.2) is 23.1 Å². The lowest BCUT2D eigenvalue weighted by molar-refractivity contribution is 0.571. The Morgan fingerprint density at radius 1 is 1.37 bits per heavy atom. The van der Waals surface area contributed by atoms with Crippen molar-refractivity contribution in [3.05, 3.63) is 29.6 Å². The topological polar surface area (TPSA) is 82.0 Å². The van der Waals surface area contributed by atoms with Gasteiger partial charge in [0.2, 0.25) is 10.0 Å². The molecule has 0 radical (unpaired) electrons. The van der Waals surface area contributed by atoms with Crippen molar-refractivity contribution in [3.8, 4) is 6.07 Å². The van der Waals surface area contributed by atoms with Gasteiger partial charge in [0.15, 0.2) is 0 Å². The van der Waals surface area contributed by atoms with E-state index in [1.54, 1.807) is 6.07 Å². The van der Waals surface area contributed by atoms with Crippen LogP contribution < -0.4 is 10.0 Å². The first kappa shape index (κ1) is 13.9. The number of rotatable bonds is 6. The second kappa shape index (κ2) is 5.65. The van der Waals surface area contributed by atoms with Crippen LogP contribution in [-0.4, -0.2) is 27.5 Å². The van der Waals surface area contributed by atoms with Crippen LogP contribution in [0.2, 0.25) is 0 Å². The van der Waals surface area contributed by atoms with Crippen LogP contribution in [0.3, 0.4) is 0 Å². The van der Waals surface area contributed by atoms with Gasteiger partial charge in [-0.15, -0.1) is 0 Å². The molecule has 1 fully saturated rings. The summed E-state index contributed by atoms with van der Waals surface area (Å²) in [5.41, 5.74) is -0.454. The Morgan fingerprint density at radius 3 is 2.74 bits per heavy atom. The molecule has 0 spiro atoms. The molecule has 0 heterocycles. The van der Waals surface area contributed by atoms with E-state index in [9.17, 15) is 12.8 Å². The minimum atomic E-state index is -3.86. The second-order valence-corrected chi connectivity index (χ2v) is 6.09. The average Bonchev–Trinajstić information content (AvgIpc) is 3.18. The van der Waals surface area contributed by atoms with Crippen molar-refractivity contribution in [2.45, 2.75) is 23.8 Å². The molecule has 0 amide bonds. The Balaban J connectivity index is 2.06. The van der Waals surface area contributed by atoms with Crippen LogP contribution in [0, 0.1) is 17.1 Å². The molecule has 1 saturated carbocycles. The number of sulfonamides is 1. The SMILES string of the molecule is N#Cc1c(F)cccc1S(=O)(=O)NCCNC1CC1. The molecule has 0 aromatic heterocycles. The molecular formula is C12H14FN3O2S. The van der Waals surface area contributed by atoms with Gasteiger partial charge in [0.1, 0.15) is 22.3 Å². The van der Waals surface area contributed by atoms with Gasteiger partial charge < -0.3 is 5.32 Å². The first-order valence-electron chi connectivity index (χ1n) is 5.96. The fourth-order valence-corrected chi connectivity index (χ4v) is 2.86. The molecule has 1 aromatic rings. The highest BCUT2D eigenvalue weighted by Crippen LogP contribution is 2.18. The Bertz CT molecular complexity index is 606. The number of nitrogens with zero attached hydrogens (tertiary/aromatic N) is 1. The van der Waals surface area contributed by atoms with Crippen molar-refractivity contribution in [1.29, 1.82) is 5.26 Å². The van der Waals surface area contributed by atoms with Gasteiger partial charge in [-0.3, -0.25) is 0 Å². The Labute approximate surface area is 111 Å². The van der Waals surface area contributed by atoms with Crippen molar-refractivity contribution in [2.24, 2.45) is 0 Å². The molecule has 1 aliphatic carbocycles. The van der Waals surface area contributed by atoms with E-state index < -0.39 is 21.4 Å². The average molecular weight is 283 g/mol. The van der Waals surface area contributed by atoms with Crippen molar-refractivity contribution in [2.75, 3.05) is 13.1 Å². The fourth-order valence-electron chi connectivity index (χ4n) is 1.66. The van der Waals surface area contributed by atoms with E-state index in [-0.39, 0.29) is 11.4 Å². The summed E-state index contributed by atoms with van der Waals surface area (Å²) in [6.45, 7) is 0.724. The van der Waals surface area contributed by atoms with Crippen molar-refractivity contribution >= 4 is 10.0 Å². The Hall–Kier alpha value is -1.49. The third-order valence-corrected chi connectivity index (χ3v) is 4.31. The van der Waals surface area contributed by atoms with Crippen LogP contribution in [-0.2, 0) is 10.0 Å². The van der Waals surface area contributed by atoms with Gasteiger partial charge in [-0.1, -0.05) is 6.07 Å². The molecule has 2 rings (SSSR count). The normalized spacial score (nSPS) is 15.2. The van der Waals surface area contributed by atoms with Gasteiger partial charge in [0.05, 0.1) is 0 Å². The molecule has 1 aliphatic rings. The lowest BCUT2D eigenvalue weighted by Crippen LogP contribution is -2.33. The molecule has 102 valence electrons. The first-order chi connectivity index (χ1) is 9.04. The van der Waals surface area contributed by atoms with E-state index in [2.05, 4.69) is 10.0 Å². The van der Waals surface area contributed by atoms with E-state index in [1.165, 1.54) is 12.1 Å². The Morgan fingerprint density at radius 2 is 2.11 bits per heavy atom. The molecule has 19 heavy (non-hydrogen) atoms. The summed E-state index contributed by atoms with van der Waals surface area (Å²) in [6.07, 6.45) is 2.24. The van der Waals surface area contributed by atoms with Crippen LogP contribution in [0.5, 0.6) is 0 Å². The van der Waals surface area contributed by atoms with Gasteiger partial charge in [0, 0.05) is 19.1 Å². The number of nitriles is 1. The lowest BCUT2D eigenvalue weighted by Gasteiger charge is -2.09. The van der Waals surface area contributed by atoms with Crippen molar-refractivity contribution in [3.63, 3.8) is 0 Å². The van der Waals surface area contributed by atoms with Crippen LogP contribution in [0.1, 0.15) is 18.4 Å². The van der Waals surface area contributed by atoms with Gasteiger partial charge in [-0.05, 0) is 25.0 Å². The van der Waals surface area contributed by atoms with E-state index >= 15 is 0 Å². The highest BCUT2D eigenvalue weighted by molar-refractivity contribution is 7.89. The van der Waals surface area contributed by atoms with E-state index in [1.807, 2.05) is 0 Å². The zero-order chi connectivity index (χ0) is 13.9. The summed E-state index contributed by atoms with van der Waals surface area (Å²) < 4.78 is 39.6. The van der Waals surface area contributed by atoms with E-state index in [0.717, 1.165) is 18.9 Å². The van der Waals surface area contributed by atoms with Gasteiger partial charge >= 0.3 is 0 Å². The van der Waals surface area contributed by atoms with E-state index in [4.69, 9.17) is 5.26 Å². The molecule has 0 atom stereocenters. The number of hydrogen-bond donors (Lipinski definition) is 2. The highest BCUT2D eigenvalue weighted by atomic mass is 32.2. The zero-order valence-electron chi connectivity index (χ0n) is 10.2. The minimum Gasteiger partial charge on any atom is -0.313 e. The molecule has 0 saturated heterocycles. The van der Waals surface area contributed by atoms with E-state index in [0.29, 0.717) is 12.6 Å². The maximum Gasteiger partial charge on any atom is 0.242 e. The minimum absolute atomic E-state index is 0.209. The summed E-state index contributed by atoms with van der Waals surface area (Å²) >= 11 is 0. The quantitative estimate of drug-likeness (QED) is 0.754. The predicted molar refractivity (Wildman–Crippen MR) is 67.3 cm³/mol. The molecule has 0 unspecified atom stereocenters. The number of nitrogens with one attached hydrogen (secondary N) is 2. The fraction of sp³-hybridized carbons (Fsp3) is 0.417. The summed E-state index contributed by atoms with van der Waals surface area (Å²) in [5.74, 6) is -0.832.